The van der Waals surface area contributed by atoms with Crippen LogP contribution in [-0.2, 0) is 11.3 Å². The van der Waals surface area contributed by atoms with Crippen molar-refractivity contribution in [1.82, 2.24) is 30.1 Å². The summed E-state index contributed by atoms with van der Waals surface area (Å²) in [4.78, 5) is 19.0. The molecule has 0 N–H and O–H groups in total. The van der Waals surface area contributed by atoms with Crippen molar-refractivity contribution in [1.29, 1.82) is 0 Å². The molecule has 0 aromatic carbocycles. The van der Waals surface area contributed by atoms with Gasteiger partial charge in [0.2, 0.25) is 5.91 Å². The molecular formula is C14H20N6OS. The van der Waals surface area contributed by atoms with Gasteiger partial charge in [0.05, 0.1) is 10.7 Å². The molecule has 0 radical (unpaired) electrons. The number of carbonyl (C=O) groups excluding carboxylic acids is 1. The normalized spacial score (nSPS) is 18.9. The topological polar surface area (TPSA) is 76.8 Å². The van der Waals surface area contributed by atoms with Gasteiger partial charge < -0.3 is 4.90 Å². The van der Waals surface area contributed by atoms with E-state index in [1.807, 2.05) is 4.90 Å². The first kappa shape index (κ1) is 15.1. The Kier molecular flexibility index (Phi) is 4.47. The number of carbonyl (C=O) groups is 1. The number of rotatable bonds is 4. The van der Waals surface area contributed by atoms with Gasteiger partial charge in [-0.05, 0) is 29.2 Å². The Labute approximate surface area is 133 Å². The van der Waals surface area contributed by atoms with E-state index in [9.17, 15) is 4.79 Å². The number of likely N-dealkylation sites (tertiary alicyclic amines) is 1. The molecule has 0 bridgehead atoms. The van der Waals surface area contributed by atoms with E-state index in [2.05, 4.69) is 34.8 Å². The van der Waals surface area contributed by atoms with Gasteiger partial charge in [0.1, 0.15) is 12.9 Å². The van der Waals surface area contributed by atoms with E-state index >= 15 is 0 Å². The molecule has 0 spiro atoms. The summed E-state index contributed by atoms with van der Waals surface area (Å²) in [6.45, 7) is 6.06. The average Bonchev–Trinajstić information content (AvgIpc) is 3.18. The van der Waals surface area contributed by atoms with Crippen molar-refractivity contribution >= 4 is 17.2 Å². The summed E-state index contributed by atoms with van der Waals surface area (Å²) < 4.78 is 1.46. The monoisotopic (exact) mass is 320 g/mol. The van der Waals surface area contributed by atoms with Gasteiger partial charge in [-0.25, -0.2) is 9.67 Å². The van der Waals surface area contributed by atoms with Gasteiger partial charge in [-0.1, -0.05) is 13.8 Å². The lowest BCUT2D eigenvalue weighted by atomic mass is 9.98. The van der Waals surface area contributed by atoms with Crippen LogP contribution in [0, 0.1) is 0 Å². The summed E-state index contributed by atoms with van der Waals surface area (Å²) in [5, 5.41) is 14.2. The van der Waals surface area contributed by atoms with Crippen LogP contribution in [-0.4, -0.2) is 49.1 Å². The van der Waals surface area contributed by atoms with E-state index < -0.39 is 0 Å². The molecule has 3 rings (SSSR count). The van der Waals surface area contributed by atoms with Crippen LogP contribution in [0.25, 0.3) is 0 Å². The number of thiazole rings is 1. The predicted molar refractivity (Wildman–Crippen MR) is 82.6 cm³/mol. The smallest absolute Gasteiger partial charge is 0.244 e. The molecule has 2 aromatic heterocycles. The Morgan fingerprint density at radius 3 is 3.05 bits per heavy atom. The molecule has 8 heteroatoms. The van der Waals surface area contributed by atoms with Gasteiger partial charge in [0.15, 0.2) is 0 Å². The van der Waals surface area contributed by atoms with Gasteiger partial charge in [-0.2, -0.15) is 0 Å². The Balaban J connectivity index is 1.64. The Bertz CT molecular complexity index is 623. The van der Waals surface area contributed by atoms with Gasteiger partial charge >= 0.3 is 0 Å². The summed E-state index contributed by atoms with van der Waals surface area (Å²) in [5.74, 6) is 0.868. The highest BCUT2D eigenvalue weighted by Gasteiger charge is 2.27. The van der Waals surface area contributed by atoms with Crippen LogP contribution in [0.15, 0.2) is 11.7 Å². The standard InChI is InChI=1S/C14H20N6OS/c1-10(2)12-8-22-14(16-12)11-4-3-5-19(6-11)13(21)7-20-9-15-17-18-20/h8-11H,3-7H2,1-2H3/t11-/m1/s1. The SMILES string of the molecule is CC(C)c1csc([C@@H]2CCCN(C(=O)Cn3cnnn3)C2)n1. The van der Waals surface area contributed by atoms with E-state index in [0.29, 0.717) is 11.8 Å². The molecule has 1 fully saturated rings. The van der Waals surface area contributed by atoms with Crippen LogP contribution in [0.5, 0.6) is 0 Å². The van der Waals surface area contributed by atoms with Crippen molar-refractivity contribution < 1.29 is 4.79 Å². The molecule has 1 atom stereocenters. The maximum atomic E-state index is 12.3. The highest BCUT2D eigenvalue weighted by atomic mass is 32.1. The minimum atomic E-state index is 0.0673. The quantitative estimate of drug-likeness (QED) is 0.856. The molecule has 0 aliphatic carbocycles. The molecule has 3 heterocycles. The lowest BCUT2D eigenvalue weighted by molar-refractivity contribution is -0.133. The van der Waals surface area contributed by atoms with E-state index in [-0.39, 0.29) is 12.5 Å². The van der Waals surface area contributed by atoms with Crippen LogP contribution < -0.4 is 0 Å². The molecule has 1 aliphatic heterocycles. The zero-order valence-corrected chi connectivity index (χ0v) is 13.7. The maximum Gasteiger partial charge on any atom is 0.244 e. The van der Waals surface area contributed by atoms with Crippen molar-refractivity contribution in [2.75, 3.05) is 13.1 Å². The van der Waals surface area contributed by atoms with Gasteiger partial charge in [0.25, 0.3) is 0 Å². The minimum absolute atomic E-state index is 0.0673. The zero-order chi connectivity index (χ0) is 15.5. The largest absolute Gasteiger partial charge is 0.340 e. The first-order chi connectivity index (χ1) is 10.6. The third kappa shape index (κ3) is 3.32. The Hall–Kier alpha value is -1.83. The van der Waals surface area contributed by atoms with Gasteiger partial charge in [-0.3, -0.25) is 4.79 Å². The Morgan fingerprint density at radius 2 is 2.36 bits per heavy atom. The lowest BCUT2D eigenvalue weighted by Crippen LogP contribution is -2.40. The third-order valence-corrected chi connectivity index (χ3v) is 4.97. The highest BCUT2D eigenvalue weighted by molar-refractivity contribution is 7.09. The summed E-state index contributed by atoms with van der Waals surface area (Å²) >= 11 is 1.72. The summed E-state index contributed by atoms with van der Waals surface area (Å²) in [5.41, 5.74) is 1.15. The van der Waals surface area contributed by atoms with Crippen LogP contribution in [0.3, 0.4) is 0 Å². The molecule has 1 saturated heterocycles. The van der Waals surface area contributed by atoms with E-state index in [4.69, 9.17) is 4.98 Å². The van der Waals surface area contributed by atoms with Crippen molar-refractivity contribution in [3.63, 3.8) is 0 Å². The van der Waals surface area contributed by atoms with E-state index in [1.165, 1.54) is 11.0 Å². The second kappa shape index (κ2) is 6.51. The highest BCUT2D eigenvalue weighted by Crippen LogP contribution is 2.30. The number of hydrogen-bond donors (Lipinski definition) is 0. The minimum Gasteiger partial charge on any atom is -0.340 e. The van der Waals surface area contributed by atoms with E-state index in [1.54, 1.807) is 11.3 Å². The third-order valence-electron chi connectivity index (χ3n) is 3.94. The molecular weight excluding hydrogens is 300 g/mol. The zero-order valence-electron chi connectivity index (χ0n) is 12.8. The number of hydrogen-bond acceptors (Lipinski definition) is 6. The molecule has 118 valence electrons. The summed E-state index contributed by atoms with van der Waals surface area (Å²) in [6.07, 6.45) is 3.58. The molecule has 1 aliphatic rings. The summed E-state index contributed by atoms with van der Waals surface area (Å²) in [7, 11) is 0. The van der Waals surface area contributed by atoms with Crippen LogP contribution in [0.1, 0.15) is 49.2 Å². The second-order valence-electron chi connectivity index (χ2n) is 5.95. The second-order valence-corrected chi connectivity index (χ2v) is 6.84. The number of aromatic nitrogens is 5. The maximum absolute atomic E-state index is 12.3. The van der Waals surface area contributed by atoms with Gasteiger partial charge in [-0.15, -0.1) is 16.4 Å². The molecule has 0 unspecified atom stereocenters. The van der Waals surface area contributed by atoms with Crippen molar-refractivity contribution in [3.8, 4) is 0 Å². The number of nitrogens with zero attached hydrogens (tertiary/aromatic N) is 6. The number of amides is 1. The van der Waals surface area contributed by atoms with Crippen LogP contribution in [0.2, 0.25) is 0 Å². The molecule has 2 aromatic rings. The first-order valence-corrected chi connectivity index (χ1v) is 8.45. The van der Waals surface area contributed by atoms with Crippen molar-refractivity contribution in [2.24, 2.45) is 0 Å². The Morgan fingerprint density at radius 1 is 1.50 bits per heavy atom. The van der Waals surface area contributed by atoms with Crippen molar-refractivity contribution in [3.05, 3.63) is 22.4 Å². The fraction of sp³-hybridized carbons (Fsp3) is 0.643. The average molecular weight is 320 g/mol. The van der Waals surface area contributed by atoms with Crippen LogP contribution >= 0.6 is 11.3 Å². The van der Waals surface area contributed by atoms with Gasteiger partial charge in [0, 0.05) is 24.4 Å². The molecule has 7 nitrogen and oxygen atoms in total. The lowest BCUT2D eigenvalue weighted by Gasteiger charge is -2.31. The predicted octanol–water partition coefficient (Wildman–Crippen LogP) is 1.66. The molecule has 22 heavy (non-hydrogen) atoms. The first-order valence-electron chi connectivity index (χ1n) is 7.57. The van der Waals surface area contributed by atoms with Crippen LogP contribution in [0.4, 0.5) is 0 Å². The van der Waals surface area contributed by atoms with E-state index in [0.717, 1.165) is 36.6 Å². The molecule has 0 saturated carbocycles. The molecule has 1 amide bonds. The number of tetrazole rings is 1. The number of piperidine rings is 1. The summed E-state index contributed by atoms with van der Waals surface area (Å²) in [6, 6.07) is 0. The van der Waals surface area contributed by atoms with Crippen molar-refractivity contribution in [2.45, 2.75) is 45.1 Å². The fourth-order valence-corrected chi connectivity index (χ4v) is 3.76. The fourth-order valence-electron chi connectivity index (χ4n) is 2.65.